The van der Waals surface area contributed by atoms with Gasteiger partial charge in [0, 0.05) is 23.2 Å². The third kappa shape index (κ3) is 2.01. The zero-order valence-corrected chi connectivity index (χ0v) is 11.1. The summed E-state index contributed by atoms with van der Waals surface area (Å²) >= 11 is 0. The molecule has 2 unspecified atom stereocenters. The molecule has 0 aromatic heterocycles. The van der Waals surface area contributed by atoms with Crippen LogP contribution in [0, 0.1) is 0 Å². The van der Waals surface area contributed by atoms with E-state index in [1.54, 1.807) is 7.11 Å². The van der Waals surface area contributed by atoms with Crippen LogP contribution in [0.5, 0.6) is 11.5 Å². The Bertz CT molecular complexity index is 609. The monoisotopic (exact) mass is 255 g/mol. The Balaban J connectivity index is 1.96. The molecule has 3 nitrogen and oxygen atoms in total. The van der Waals surface area contributed by atoms with Crippen molar-refractivity contribution in [3.05, 3.63) is 53.6 Å². The summed E-state index contributed by atoms with van der Waals surface area (Å²) < 4.78 is 11.3. The molecule has 1 heterocycles. The lowest BCUT2D eigenvalue weighted by molar-refractivity contribution is 0.215. The molecule has 0 spiro atoms. The van der Waals surface area contributed by atoms with Crippen molar-refractivity contribution in [1.29, 1.82) is 0 Å². The molecule has 3 heteroatoms. The van der Waals surface area contributed by atoms with Crippen molar-refractivity contribution in [2.24, 2.45) is 0 Å². The molecule has 1 aliphatic rings. The summed E-state index contributed by atoms with van der Waals surface area (Å²) in [6.45, 7) is 2.17. The van der Waals surface area contributed by atoms with Crippen molar-refractivity contribution < 1.29 is 9.47 Å². The minimum absolute atomic E-state index is 0.0203. The van der Waals surface area contributed by atoms with Crippen LogP contribution in [0.4, 0.5) is 5.69 Å². The van der Waals surface area contributed by atoms with Crippen molar-refractivity contribution in [2.45, 2.75) is 18.9 Å². The lowest BCUT2D eigenvalue weighted by atomic mass is 9.93. The Morgan fingerprint density at radius 1 is 1.16 bits per heavy atom. The molecule has 0 saturated carbocycles. The highest BCUT2D eigenvalue weighted by Crippen LogP contribution is 2.46. The van der Waals surface area contributed by atoms with Crippen molar-refractivity contribution in [3.63, 3.8) is 0 Å². The number of anilines is 1. The number of benzene rings is 2. The van der Waals surface area contributed by atoms with E-state index in [-0.39, 0.29) is 6.10 Å². The van der Waals surface area contributed by atoms with Crippen molar-refractivity contribution in [3.8, 4) is 11.5 Å². The molecule has 0 aliphatic carbocycles. The largest absolute Gasteiger partial charge is 0.497 e. The summed E-state index contributed by atoms with van der Waals surface area (Å²) in [5.74, 6) is 2.05. The lowest BCUT2D eigenvalue weighted by Gasteiger charge is -2.16. The van der Waals surface area contributed by atoms with Gasteiger partial charge in [-0.05, 0) is 23.8 Å². The molecule has 3 rings (SSSR count). The summed E-state index contributed by atoms with van der Waals surface area (Å²) in [5, 5.41) is 0. The van der Waals surface area contributed by atoms with Crippen molar-refractivity contribution >= 4 is 5.69 Å². The Kier molecular flexibility index (Phi) is 2.82. The average molecular weight is 255 g/mol. The number of methoxy groups -OCH3 is 1. The minimum Gasteiger partial charge on any atom is -0.497 e. The topological polar surface area (TPSA) is 44.5 Å². The highest BCUT2D eigenvalue weighted by Gasteiger charge is 2.32. The highest BCUT2D eigenvalue weighted by molar-refractivity contribution is 5.53. The van der Waals surface area contributed by atoms with E-state index in [0.717, 1.165) is 22.7 Å². The van der Waals surface area contributed by atoms with E-state index in [0.29, 0.717) is 5.92 Å². The maximum absolute atomic E-state index is 6.05. The van der Waals surface area contributed by atoms with Crippen LogP contribution >= 0.6 is 0 Å². The zero-order valence-electron chi connectivity index (χ0n) is 11.1. The van der Waals surface area contributed by atoms with Crippen LogP contribution in [0.2, 0.25) is 0 Å². The third-order valence-corrected chi connectivity index (χ3v) is 3.66. The van der Waals surface area contributed by atoms with Gasteiger partial charge in [-0.1, -0.05) is 25.1 Å². The molecular formula is C16H17NO2. The van der Waals surface area contributed by atoms with Crippen LogP contribution < -0.4 is 15.2 Å². The van der Waals surface area contributed by atoms with Crippen LogP contribution in [0.1, 0.15) is 30.1 Å². The fourth-order valence-electron chi connectivity index (χ4n) is 2.61. The summed E-state index contributed by atoms with van der Waals surface area (Å²) in [7, 11) is 1.67. The Labute approximate surface area is 113 Å². The fraction of sp³-hybridized carbons (Fsp3) is 0.250. The van der Waals surface area contributed by atoms with Gasteiger partial charge in [0.2, 0.25) is 0 Å². The lowest BCUT2D eigenvalue weighted by Crippen LogP contribution is -2.07. The molecule has 0 amide bonds. The first-order valence-electron chi connectivity index (χ1n) is 6.39. The molecule has 0 bridgehead atoms. The summed E-state index contributed by atoms with van der Waals surface area (Å²) in [6.07, 6.45) is 0.0203. The van der Waals surface area contributed by atoms with Crippen molar-refractivity contribution in [1.82, 2.24) is 0 Å². The normalized spacial score (nSPS) is 20.7. The Morgan fingerprint density at radius 3 is 2.79 bits per heavy atom. The van der Waals surface area contributed by atoms with Crippen LogP contribution in [0.25, 0.3) is 0 Å². The number of nitrogens with two attached hydrogens (primary N) is 1. The highest BCUT2D eigenvalue weighted by atomic mass is 16.5. The molecular weight excluding hydrogens is 238 g/mol. The fourth-order valence-corrected chi connectivity index (χ4v) is 2.61. The second kappa shape index (κ2) is 4.50. The standard InChI is InChI=1S/C16H17NO2/c1-10-14-7-6-12(17)9-15(14)19-16(10)11-4-3-5-13(8-11)18-2/h3-10,16H,17H2,1-2H3. The quantitative estimate of drug-likeness (QED) is 0.835. The summed E-state index contributed by atoms with van der Waals surface area (Å²) in [5.41, 5.74) is 8.88. The predicted octanol–water partition coefficient (Wildman–Crippen LogP) is 3.51. The van der Waals surface area contributed by atoms with E-state index < -0.39 is 0 Å². The van der Waals surface area contributed by atoms with Gasteiger partial charge in [0.15, 0.2) is 0 Å². The molecule has 0 fully saturated rings. The molecule has 19 heavy (non-hydrogen) atoms. The second-order valence-corrected chi connectivity index (χ2v) is 4.90. The number of hydrogen-bond donors (Lipinski definition) is 1. The number of nitrogen functional groups attached to an aromatic ring is 1. The van der Waals surface area contributed by atoms with Crippen LogP contribution in [-0.4, -0.2) is 7.11 Å². The molecule has 2 aromatic rings. The van der Waals surface area contributed by atoms with Gasteiger partial charge in [-0.2, -0.15) is 0 Å². The van der Waals surface area contributed by atoms with Crippen LogP contribution in [-0.2, 0) is 0 Å². The molecule has 2 N–H and O–H groups in total. The van der Waals surface area contributed by atoms with Gasteiger partial charge < -0.3 is 15.2 Å². The molecule has 2 atom stereocenters. The van der Waals surface area contributed by atoms with Gasteiger partial charge in [0.25, 0.3) is 0 Å². The van der Waals surface area contributed by atoms with E-state index in [1.807, 2.05) is 30.3 Å². The van der Waals surface area contributed by atoms with Gasteiger partial charge in [-0.25, -0.2) is 0 Å². The number of ether oxygens (including phenoxy) is 2. The first kappa shape index (κ1) is 11.9. The molecule has 1 aliphatic heterocycles. The number of fused-ring (bicyclic) bond motifs is 1. The van der Waals surface area contributed by atoms with Crippen LogP contribution in [0.3, 0.4) is 0 Å². The first-order chi connectivity index (χ1) is 9.19. The van der Waals surface area contributed by atoms with E-state index >= 15 is 0 Å². The minimum atomic E-state index is 0.0203. The van der Waals surface area contributed by atoms with Gasteiger partial charge in [0.05, 0.1) is 7.11 Å². The van der Waals surface area contributed by atoms with E-state index in [1.165, 1.54) is 5.56 Å². The summed E-state index contributed by atoms with van der Waals surface area (Å²) in [6, 6.07) is 13.9. The second-order valence-electron chi connectivity index (χ2n) is 4.90. The first-order valence-corrected chi connectivity index (χ1v) is 6.39. The van der Waals surface area contributed by atoms with E-state index in [2.05, 4.69) is 19.1 Å². The van der Waals surface area contributed by atoms with Gasteiger partial charge in [-0.15, -0.1) is 0 Å². The van der Waals surface area contributed by atoms with Gasteiger partial charge in [0.1, 0.15) is 17.6 Å². The zero-order chi connectivity index (χ0) is 13.4. The molecule has 0 radical (unpaired) electrons. The summed E-state index contributed by atoms with van der Waals surface area (Å²) in [4.78, 5) is 0. The maximum Gasteiger partial charge on any atom is 0.131 e. The van der Waals surface area contributed by atoms with Crippen LogP contribution in [0.15, 0.2) is 42.5 Å². The number of hydrogen-bond acceptors (Lipinski definition) is 3. The molecule has 98 valence electrons. The average Bonchev–Trinajstić information content (AvgIpc) is 2.75. The Morgan fingerprint density at radius 2 is 2.00 bits per heavy atom. The van der Waals surface area contributed by atoms with E-state index in [9.17, 15) is 0 Å². The maximum atomic E-state index is 6.05. The molecule has 0 saturated heterocycles. The Hall–Kier alpha value is -2.16. The van der Waals surface area contributed by atoms with Crippen molar-refractivity contribution in [2.75, 3.05) is 12.8 Å². The number of rotatable bonds is 2. The van der Waals surface area contributed by atoms with E-state index in [4.69, 9.17) is 15.2 Å². The predicted molar refractivity (Wildman–Crippen MR) is 75.6 cm³/mol. The smallest absolute Gasteiger partial charge is 0.131 e. The molecule has 2 aromatic carbocycles. The van der Waals surface area contributed by atoms with Gasteiger partial charge >= 0.3 is 0 Å². The van der Waals surface area contributed by atoms with Gasteiger partial charge in [-0.3, -0.25) is 0 Å². The SMILES string of the molecule is COc1cccc(C2Oc3cc(N)ccc3C2C)c1. The third-order valence-electron chi connectivity index (χ3n) is 3.66.